The third kappa shape index (κ3) is 5.07. The van der Waals surface area contributed by atoms with E-state index in [1.165, 1.54) is 37.1 Å². The number of hydrogen-bond donors (Lipinski definition) is 2. The molecule has 2 aromatic rings. The van der Waals surface area contributed by atoms with E-state index >= 15 is 0 Å². The number of rotatable bonds is 7. The fourth-order valence-electron chi connectivity index (χ4n) is 4.97. The number of guanidine groups is 1. The summed E-state index contributed by atoms with van der Waals surface area (Å²) in [6.45, 7) is 5.17. The van der Waals surface area contributed by atoms with Crippen LogP contribution in [-0.4, -0.2) is 62.6 Å². The van der Waals surface area contributed by atoms with Gasteiger partial charge in [0.1, 0.15) is 5.76 Å². The average Bonchev–Trinajstić information content (AvgIpc) is 3.54. The Bertz CT molecular complexity index is 770. The lowest BCUT2D eigenvalue weighted by atomic mass is 9.88. The predicted octanol–water partition coefficient (Wildman–Crippen LogP) is 3.73. The molecule has 3 atom stereocenters. The number of thiophene rings is 1. The molecule has 0 amide bonds. The van der Waals surface area contributed by atoms with Crippen LogP contribution in [-0.2, 0) is 0 Å². The number of hydrogen-bond acceptors (Lipinski definition) is 5. The van der Waals surface area contributed by atoms with Gasteiger partial charge in [-0.1, -0.05) is 6.07 Å². The Labute approximate surface area is 184 Å². The number of nitrogens with zero attached hydrogens (tertiary/aromatic N) is 3. The average molecular weight is 430 g/mol. The minimum atomic E-state index is 0.251. The van der Waals surface area contributed by atoms with Gasteiger partial charge < -0.3 is 15.1 Å². The highest BCUT2D eigenvalue weighted by Gasteiger charge is 2.31. The van der Waals surface area contributed by atoms with Crippen LogP contribution < -0.4 is 10.6 Å². The number of likely N-dealkylation sites (tertiary alicyclic amines) is 2. The van der Waals surface area contributed by atoms with Crippen LogP contribution in [0.3, 0.4) is 0 Å². The first-order chi connectivity index (χ1) is 14.8. The number of piperidine rings is 1. The second kappa shape index (κ2) is 10.5. The summed E-state index contributed by atoms with van der Waals surface area (Å²) in [5, 5.41) is 9.36. The van der Waals surface area contributed by atoms with Crippen LogP contribution in [0.2, 0.25) is 0 Å². The van der Waals surface area contributed by atoms with E-state index in [-0.39, 0.29) is 6.04 Å². The molecule has 30 heavy (non-hydrogen) atoms. The maximum Gasteiger partial charge on any atom is 0.191 e. The fourth-order valence-corrected chi connectivity index (χ4v) is 5.95. The summed E-state index contributed by atoms with van der Waals surface area (Å²) in [6.07, 6.45) is 6.81. The van der Waals surface area contributed by atoms with Gasteiger partial charge in [-0.25, -0.2) is 0 Å². The molecule has 2 fully saturated rings. The Hall–Kier alpha value is -1.83. The Morgan fingerprint density at radius 3 is 2.77 bits per heavy atom. The van der Waals surface area contributed by atoms with Crippen LogP contribution in [0.15, 0.2) is 45.3 Å². The van der Waals surface area contributed by atoms with Crippen molar-refractivity contribution in [3.63, 3.8) is 0 Å². The van der Waals surface area contributed by atoms with E-state index in [0.29, 0.717) is 12.0 Å². The molecule has 164 valence electrons. The van der Waals surface area contributed by atoms with Gasteiger partial charge >= 0.3 is 0 Å². The van der Waals surface area contributed by atoms with Crippen molar-refractivity contribution in [1.82, 2.24) is 20.4 Å². The lowest BCUT2D eigenvalue weighted by molar-refractivity contribution is 0.125. The van der Waals surface area contributed by atoms with Gasteiger partial charge in [0.05, 0.1) is 12.3 Å². The number of nitrogens with one attached hydrogen (secondary N) is 2. The molecule has 0 aromatic carbocycles. The van der Waals surface area contributed by atoms with Crippen LogP contribution in [0.1, 0.15) is 48.4 Å². The molecular weight excluding hydrogens is 394 g/mol. The van der Waals surface area contributed by atoms with Crippen LogP contribution in [0.5, 0.6) is 0 Å². The maximum absolute atomic E-state index is 5.75. The van der Waals surface area contributed by atoms with E-state index in [0.717, 1.165) is 37.9 Å². The Kier molecular flexibility index (Phi) is 7.47. The SMILES string of the molecule is CN=C(NCC1CCCN(C)C1c1cccs1)NCC(c1ccco1)N1CCCC1. The molecule has 2 aromatic heterocycles. The molecule has 0 saturated carbocycles. The standard InChI is InChI=1S/C23H35N5OS/c1-24-23(26-17-19(20-9-6-14-29-20)28-12-3-4-13-28)25-16-18-8-5-11-27(2)22(18)21-10-7-15-30-21/h6-7,9-10,14-15,18-19,22H,3-5,8,11-13,16-17H2,1-2H3,(H2,24,25,26). The summed E-state index contributed by atoms with van der Waals surface area (Å²) in [6, 6.07) is 9.26. The molecule has 0 aliphatic carbocycles. The first-order valence-corrected chi connectivity index (χ1v) is 12.1. The van der Waals surface area contributed by atoms with Gasteiger partial charge in [-0.05, 0) is 81.9 Å². The van der Waals surface area contributed by atoms with E-state index < -0.39 is 0 Å². The Balaban J connectivity index is 1.35. The minimum absolute atomic E-state index is 0.251. The van der Waals surface area contributed by atoms with Crippen LogP contribution in [0.4, 0.5) is 0 Å². The van der Waals surface area contributed by atoms with Gasteiger partial charge in [0.15, 0.2) is 5.96 Å². The van der Waals surface area contributed by atoms with E-state index in [1.54, 1.807) is 6.26 Å². The summed E-state index contributed by atoms with van der Waals surface area (Å²) < 4.78 is 5.75. The molecule has 0 bridgehead atoms. The molecule has 0 radical (unpaired) electrons. The minimum Gasteiger partial charge on any atom is -0.468 e. The van der Waals surface area contributed by atoms with Crippen LogP contribution >= 0.6 is 11.3 Å². The normalized spacial score (nSPS) is 24.8. The molecule has 2 aliphatic heterocycles. The summed E-state index contributed by atoms with van der Waals surface area (Å²) >= 11 is 1.87. The largest absolute Gasteiger partial charge is 0.468 e. The molecule has 4 rings (SSSR count). The lowest BCUT2D eigenvalue weighted by Gasteiger charge is -2.39. The lowest BCUT2D eigenvalue weighted by Crippen LogP contribution is -2.46. The predicted molar refractivity (Wildman–Crippen MR) is 124 cm³/mol. The fraction of sp³-hybridized carbons (Fsp3) is 0.609. The van der Waals surface area contributed by atoms with Crippen molar-refractivity contribution in [3.05, 3.63) is 46.5 Å². The molecule has 2 saturated heterocycles. The van der Waals surface area contributed by atoms with Crippen molar-refractivity contribution < 1.29 is 4.42 Å². The van der Waals surface area contributed by atoms with Crippen molar-refractivity contribution in [2.45, 2.75) is 37.8 Å². The van der Waals surface area contributed by atoms with E-state index in [2.05, 4.69) is 56.1 Å². The summed E-state index contributed by atoms with van der Waals surface area (Å²) in [5.74, 6) is 2.50. The zero-order valence-corrected chi connectivity index (χ0v) is 19.0. The molecule has 4 heterocycles. The number of aliphatic imine (C=N–C) groups is 1. The van der Waals surface area contributed by atoms with Gasteiger partial charge in [0.25, 0.3) is 0 Å². The molecule has 6 nitrogen and oxygen atoms in total. The molecule has 2 N–H and O–H groups in total. The monoisotopic (exact) mass is 429 g/mol. The van der Waals surface area contributed by atoms with Crippen LogP contribution in [0.25, 0.3) is 0 Å². The highest BCUT2D eigenvalue weighted by Crippen LogP contribution is 2.36. The Morgan fingerprint density at radius 1 is 1.20 bits per heavy atom. The van der Waals surface area contributed by atoms with Gasteiger partial charge in [0, 0.05) is 31.1 Å². The van der Waals surface area contributed by atoms with E-state index in [1.807, 2.05) is 24.5 Å². The quantitative estimate of drug-likeness (QED) is 0.519. The molecule has 3 unspecified atom stereocenters. The molecule has 2 aliphatic rings. The van der Waals surface area contributed by atoms with Crippen LogP contribution in [0, 0.1) is 5.92 Å². The maximum atomic E-state index is 5.75. The zero-order chi connectivity index (χ0) is 20.8. The third-order valence-electron chi connectivity index (χ3n) is 6.51. The third-order valence-corrected chi connectivity index (χ3v) is 7.46. The molecular formula is C23H35N5OS. The Morgan fingerprint density at radius 2 is 2.07 bits per heavy atom. The first kappa shape index (κ1) is 21.4. The highest BCUT2D eigenvalue weighted by molar-refractivity contribution is 7.10. The zero-order valence-electron chi connectivity index (χ0n) is 18.2. The second-order valence-corrected chi connectivity index (χ2v) is 9.43. The van der Waals surface area contributed by atoms with Crippen molar-refractivity contribution in [1.29, 1.82) is 0 Å². The van der Waals surface area contributed by atoms with Crippen molar-refractivity contribution >= 4 is 17.3 Å². The highest BCUT2D eigenvalue weighted by atomic mass is 32.1. The summed E-state index contributed by atoms with van der Waals surface area (Å²) in [5.41, 5.74) is 0. The van der Waals surface area contributed by atoms with Crippen molar-refractivity contribution in [3.8, 4) is 0 Å². The topological polar surface area (TPSA) is 56.0 Å². The molecule has 0 spiro atoms. The summed E-state index contributed by atoms with van der Waals surface area (Å²) in [4.78, 5) is 11.0. The van der Waals surface area contributed by atoms with Gasteiger partial charge in [0.2, 0.25) is 0 Å². The smallest absolute Gasteiger partial charge is 0.191 e. The molecule has 7 heteroatoms. The van der Waals surface area contributed by atoms with Crippen molar-refractivity contribution in [2.75, 3.05) is 46.8 Å². The van der Waals surface area contributed by atoms with Gasteiger partial charge in [-0.3, -0.25) is 14.8 Å². The number of furan rings is 1. The van der Waals surface area contributed by atoms with E-state index in [4.69, 9.17) is 4.42 Å². The second-order valence-electron chi connectivity index (χ2n) is 8.45. The van der Waals surface area contributed by atoms with Crippen molar-refractivity contribution in [2.24, 2.45) is 10.9 Å². The van der Waals surface area contributed by atoms with E-state index in [9.17, 15) is 0 Å². The van der Waals surface area contributed by atoms with Gasteiger partial charge in [-0.2, -0.15) is 0 Å². The summed E-state index contributed by atoms with van der Waals surface area (Å²) in [7, 11) is 4.12. The first-order valence-electron chi connectivity index (χ1n) is 11.2. The van der Waals surface area contributed by atoms with Gasteiger partial charge in [-0.15, -0.1) is 11.3 Å².